The molecule has 0 spiro atoms. The van der Waals surface area contributed by atoms with E-state index < -0.39 is 5.97 Å². The Labute approximate surface area is 164 Å². The second-order valence-electron chi connectivity index (χ2n) is 7.86. The number of nitrogens with zero attached hydrogens (tertiary/aromatic N) is 3. The third-order valence-corrected chi connectivity index (χ3v) is 4.45. The molecular formula is C22H25N3O3. The fourth-order valence-corrected chi connectivity index (χ4v) is 3.17. The standard InChI is InChI=1S/C22H25N3O3/c1-14(2)21(27)28-13-12-15-10-11-18(20(26)19(15)22(3,4)5)25-23-16-8-6-7-9-17(16)24-25/h6-11,26H,1,12-13H2,2-5H3. The summed E-state index contributed by atoms with van der Waals surface area (Å²) < 4.78 is 5.22. The molecule has 6 nitrogen and oxygen atoms in total. The summed E-state index contributed by atoms with van der Waals surface area (Å²) in [7, 11) is 0. The summed E-state index contributed by atoms with van der Waals surface area (Å²) in [5, 5.41) is 20.0. The number of fused-ring (bicyclic) bond motifs is 1. The first-order chi connectivity index (χ1) is 13.2. The van der Waals surface area contributed by atoms with Crippen LogP contribution in [0.4, 0.5) is 0 Å². The largest absolute Gasteiger partial charge is 0.505 e. The van der Waals surface area contributed by atoms with Crippen LogP contribution in [0.15, 0.2) is 48.6 Å². The van der Waals surface area contributed by atoms with Gasteiger partial charge in [-0.2, -0.15) is 0 Å². The Bertz CT molecular complexity index is 1010. The normalized spacial score (nSPS) is 11.6. The Hall–Kier alpha value is -3.15. The second-order valence-corrected chi connectivity index (χ2v) is 7.86. The SMILES string of the molecule is C=C(C)C(=O)OCCc1ccc(-n2nc3ccccc3n2)c(O)c1C(C)(C)C. The molecule has 6 heteroatoms. The molecule has 0 unspecified atom stereocenters. The van der Waals surface area contributed by atoms with E-state index >= 15 is 0 Å². The molecule has 0 fully saturated rings. The van der Waals surface area contributed by atoms with Crippen LogP contribution in [0, 0.1) is 0 Å². The van der Waals surface area contributed by atoms with Gasteiger partial charge in [-0.1, -0.05) is 45.5 Å². The number of carbonyl (C=O) groups is 1. The average molecular weight is 379 g/mol. The molecule has 0 bridgehead atoms. The Balaban J connectivity index is 1.98. The molecule has 0 atom stereocenters. The van der Waals surface area contributed by atoms with Crippen LogP contribution in [0.2, 0.25) is 0 Å². The van der Waals surface area contributed by atoms with Crippen LogP contribution in [-0.2, 0) is 21.4 Å². The lowest BCUT2D eigenvalue weighted by molar-refractivity contribution is -0.138. The molecule has 0 saturated heterocycles. The van der Waals surface area contributed by atoms with Crippen LogP contribution in [0.5, 0.6) is 5.75 Å². The highest BCUT2D eigenvalue weighted by atomic mass is 16.5. The van der Waals surface area contributed by atoms with E-state index in [1.807, 2.05) is 51.1 Å². The summed E-state index contributed by atoms with van der Waals surface area (Å²) in [4.78, 5) is 13.1. The van der Waals surface area contributed by atoms with Crippen molar-refractivity contribution in [1.29, 1.82) is 0 Å². The van der Waals surface area contributed by atoms with E-state index in [9.17, 15) is 9.90 Å². The molecule has 0 saturated carbocycles. The minimum atomic E-state index is -0.411. The Morgan fingerprint density at radius 2 is 1.75 bits per heavy atom. The van der Waals surface area contributed by atoms with Crippen molar-refractivity contribution in [2.75, 3.05) is 6.61 Å². The molecule has 0 radical (unpaired) electrons. The summed E-state index contributed by atoms with van der Waals surface area (Å²) in [6, 6.07) is 11.3. The fourth-order valence-electron chi connectivity index (χ4n) is 3.17. The molecule has 3 aromatic rings. The van der Waals surface area contributed by atoms with E-state index in [0.717, 1.165) is 22.2 Å². The summed E-state index contributed by atoms with van der Waals surface area (Å²) in [6.45, 7) is 11.5. The van der Waals surface area contributed by atoms with Crippen molar-refractivity contribution in [3.05, 3.63) is 59.7 Å². The van der Waals surface area contributed by atoms with Gasteiger partial charge in [0.05, 0.1) is 6.61 Å². The Morgan fingerprint density at radius 3 is 2.29 bits per heavy atom. The molecule has 3 rings (SSSR count). The summed E-state index contributed by atoms with van der Waals surface area (Å²) in [5.74, 6) is -0.276. The molecule has 0 aliphatic rings. The highest BCUT2D eigenvalue weighted by Gasteiger charge is 2.25. The van der Waals surface area contributed by atoms with Gasteiger partial charge in [0, 0.05) is 17.6 Å². The molecule has 2 aromatic carbocycles. The lowest BCUT2D eigenvalue weighted by Gasteiger charge is -2.25. The van der Waals surface area contributed by atoms with Crippen molar-refractivity contribution in [3.63, 3.8) is 0 Å². The predicted octanol–water partition coefficient (Wildman–Crippen LogP) is 4.09. The van der Waals surface area contributed by atoms with Crippen molar-refractivity contribution in [2.45, 2.75) is 39.5 Å². The van der Waals surface area contributed by atoms with Crippen molar-refractivity contribution < 1.29 is 14.6 Å². The number of benzene rings is 2. The van der Waals surface area contributed by atoms with Crippen LogP contribution in [0.25, 0.3) is 16.7 Å². The average Bonchev–Trinajstić information content (AvgIpc) is 3.04. The minimum absolute atomic E-state index is 0.136. The van der Waals surface area contributed by atoms with Crippen LogP contribution in [-0.4, -0.2) is 32.7 Å². The van der Waals surface area contributed by atoms with Gasteiger partial charge < -0.3 is 9.84 Å². The molecule has 28 heavy (non-hydrogen) atoms. The predicted molar refractivity (Wildman–Crippen MR) is 109 cm³/mol. The molecule has 146 valence electrons. The lowest BCUT2D eigenvalue weighted by atomic mass is 9.82. The third-order valence-electron chi connectivity index (χ3n) is 4.45. The Kier molecular flexibility index (Phi) is 5.23. The number of aromatic hydroxyl groups is 1. The van der Waals surface area contributed by atoms with Gasteiger partial charge in [0.25, 0.3) is 0 Å². The van der Waals surface area contributed by atoms with Gasteiger partial charge in [-0.05, 0) is 36.1 Å². The molecular weight excluding hydrogens is 354 g/mol. The number of aromatic nitrogens is 3. The lowest BCUT2D eigenvalue weighted by Crippen LogP contribution is -2.18. The zero-order valence-electron chi connectivity index (χ0n) is 16.7. The van der Waals surface area contributed by atoms with E-state index in [2.05, 4.69) is 16.8 Å². The van der Waals surface area contributed by atoms with Gasteiger partial charge in [0.1, 0.15) is 22.5 Å². The highest BCUT2D eigenvalue weighted by Crippen LogP contribution is 2.38. The first-order valence-corrected chi connectivity index (χ1v) is 9.19. The van der Waals surface area contributed by atoms with Crippen LogP contribution in [0.1, 0.15) is 38.8 Å². The van der Waals surface area contributed by atoms with Gasteiger partial charge >= 0.3 is 5.97 Å². The third kappa shape index (κ3) is 3.91. The summed E-state index contributed by atoms with van der Waals surface area (Å²) in [6.07, 6.45) is 0.494. The van der Waals surface area contributed by atoms with Crippen molar-refractivity contribution in [3.8, 4) is 11.4 Å². The van der Waals surface area contributed by atoms with Crippen molar-refractivity contribution in [2.24, 2.45) is 0 Å². The quantitative estimate of drug-likeness (QED) is 0.534. The second kappa shape index (κ2) is 7.46. The van der Waals surface area contributed by atoms with E-state index in [1.54, 1.807) is 13.0 Å². The Morgan fingerprint density at radius 1 is 1.14 bits per heavy atom. The van der Waals surface area contributed by atoms with Gasteiger partial charge in [0.15, 0.2) is 0 Å². The van der Waals surface area contributed by atoms with E-state index in [4.69, 9.17) is 4.74 Å². The maximum Gasteiger partial charge on any atom is 0.333 e. The zero-order valence-corrected chi connectivity index (χ0v) is 16.7. The number of hydrogen-bond donors (Lipinski definition) is 1. The van der Waals surface area contributed by atoms with Gasteiger partial charge in [-0.15, -0.1) is 15.0 Å². The number of rotatable bonds is 5. The number of ether oxygens (including phenoxy) is 1. The van der Waals surface area contributed by atoms with Crippen LogP contribution in [0.3, 0.4) is 0 Å². The van der Waals surface area contributed by atoms with E-state index in [-0.39, 0.29) is 17.8 Å². The molecule has 1 N–H and O–H groups in total. The minimum Gasteiger partial charge on any atom is -0.505 e. The number of carbonyl (C=O) groups excluding carboxylic acids is 1. The number of phenols is 1. The maximum absolute atomic E-state index is 11.6. The maximum atomic E-state index is 11.6. The summed E-state index contributed by atoms with van der Waals surface area (Å²) in [5.41, 5.74) is 3.79. The smallest absolute Gasteiger partial charge is 0.333 e. The number of phenolic OH excluding ortho intramolecular Hbond substituents is 1. The number of hydrogen-bond acceptors (Lipinski definition) is 5. The van der Waals surface area contributed by atoms with Crippen LogP contribution < -0.4 is 0 Å². The van der Waals surface area contributed by atoms with Crippen molar-refractivity contribution >= 4 is 17.0 Å². The van der Waals surface area contributed by atoms with Crippen LogP contribution >= 0.6 is 0 Å². The topological polar surface area (TPSA) is 77.2 Å². The van der Waals surface area contributed by atoms with Gasteiger partial charge in [-0.25, -0.2) is 4.79 Å². The summed E-state index contributed by atoms with van der Waals surface area (Å²) >= 11 is 0. The van der Waals surface area contributed by atoms with Crippen molar-refractivity contribution in [1.82, 2.24) is 15.0 Å². The van der Waals surface area contributed by atoms with Gasteiger partial charge in [0.2, 0.25) is 0 Å². The fraction of sp³-hybridized carbons (Fsp3) is 0.318. The molecule has 0 aliphatic carbocycles. The van der Waals surface area contributed by atoms with Gasteiger partial charge in [-0.3, -0.25) is 0 Å². The first-order valence-electron chi connectivity index (χ1n) is 9.19. The zero-order chi connectivity index (χ0) is 20.5. The molecule has 1 aromatic heterocycles. The highest BCUT2D eigenvalue weighted by molar-refractivity contribution is 5.86. The number of esters is 1. The molecule has 0 aliphatic heterocycles. The first kappa shape index (κ1) is 19.6. The van der Waals surface area contributed by atoms with E-state index in [0.29, 0.717) is 17.7 Å². The molecule has 0 amide bonds. The molecule has 1 heterocycles. The van der Waals surface area contributed by atoms with E-state index in [1.165, 1.54) is 4.80 Å². The monoisotopic (exact) mass is 379 g/mol.